The molecule has 134 valence electrons. The average Bonchev–Trinajstić information content (AvgIpc) is 2.55. The van der Waals surface area contributed by atoms with Crippen molar-refractivity contribution in [2.24, 2.45) is 11.8 Å². The van der Waals surface area contributed by atoms with Gasteiger partial charge in [0.15, 0.2) is 0 Å². The number of hydrogen-bond acceptors (Lipinski definition) is 3. The molecule has 0 aliphatic carbocycles. The number of nitrogens with one attached hydrogen (secondary N) is 2. The number of ether oxygens (including phenoxy) is 1. The molecule has 0 aromatic heterocycles. The Morgan fingerprint density at radius 2 is 2.25 bits per heavy atom. The molecule has 1 aromatic carbocycles. The molecule has 2 atom stereocenters. The van der Waals surface area contributed by atoms with E-state index in [4.69, 9.17) is 0 Å². The molecule has 1 saturated heterocycles. The third-order valence-corrected chi connectivity index (χ3v) is 4.56. The van der Waals surface area contributed by atoms with Crippen molar-refractivity contribution in [1.82, 2.24) is 10.6 Å². The zero-order valence-electron chi connectivity index (χ0n) is 14.3. The largest absolute Gasteiger partial charge is 0.434 e. The molecule has 0 radical (unpaired) electrons. The summed E-state index contributed by atoms with van der Waals surface area (Å²) in [6.07, 6.45) is 2.74. The van der Waals surface area contributed by atoms with Gasteiger partial charge in [-0.3, -0.25) is 4.79 Å². The second kappa shape index (κ2) is 8.97. The molecule has 1 amide bonds. The van der Waals surface area contributed by atoms with Crippen LogP contribution in [0.1, 0.15) is 37.3 Å². The lowest BCUT2D eigenvalue weighted by Gasteiger charge is -2.28. The molecule has 1 aromatic rings. The van der Waals surface area contributed by atoms with Gasteiger partial charge < -0.3 is 15.4 Å². The highest BCUT2D eigenvalue weighted by atomic mass is 19.3. The van der Waals surface area contributed by atoms with Crippen molar-refractivity contribution in [3.05, 3.63) is 29.3 Å². The molecule has 1 aliphatic heterocycles. The predicted molar refractivity (Wildman–Crippen MR) is 89.0 cm³/mol. The minimum Gasteiger partial charge on any atom is -0.434 e. The van der Waals surface area contributed by atoms with Crippen molar-refractivity contribution in [3.8, 4) is 5.75 Å². The summed E-state index contributed by atoms with van der Waals surface area (Å²) in [5.41, 5.74) is 1.50. The van der Waals surface area contributed by atoms with Crippen molar-refractivity contribution in [2.45, 2.75) is 46.3 Å². The molecule has 2 N–H and O–H groups in total. The van der Waals surface area contributed by atoms with Gasteiger partial charge >= 0.3 is 6.61 Å². The Bertz CT molecular complexity index is 546. The van der Waals surface area contributed by atoms with Gasteiger partial charge in [0, 0.05) is 18.5 Å². The lowest BCUT2D eigenvalue weighted by molar-refractivity contribution is -0.122. The molecule has 6 heteroatoms. The van der Waals surface area contributed by atoms with Gasteiger partial charge in [0.2, 0.25) is 5.91 Å². The zero-order valence-corrected chi connectivity index (χ0v) is 14.3. The normalized spacial score (nSPS) is 19.1. The van der Waals surface area contributed by atoms with Crippen LogP contribution >= 0.6 is 0 Å². The van der Waals surface area contributed by atoms with Crippen molar-refractivity contribution in [1.29, 1.82) is 0 Å². The summed E-state index contributed by atoms with van der Waals surface area (Å²) in [6.45, 7) is 3.29. The van der Waals surface area contributed by atoms with Crippen LogP contribution in [-0.4, -0.2) is 25.6 Å². The van der Waals surface area contributed by atoms with Crippen LogP contribution in [0.25, 0.3) is 0 Å². The second-order valence-electron chi connectivity index (χ2n) is 6.55. The first-order chi connectivity index (χ1) is 11.5. The number of amides is 1. The maximum Gasteiger partial charge on any atom is 0.387 e. The van der Waals surface area contributed by atoms with Crippen LogP contribution in [0.5, 0.6) is 5.75 Å². The van der Waals surface area contributed by atoms with Crippen LogP contribution in [0, 0.1) is 18.8 Å². The number of benzene rings is 1. The topological polar surface area (TPSA) is 50.4 Å². The number of piperidine rings is 1. The average molecular weight is 340 g/mol. The number of carbonyl (C=O) groups excluding carboxylic acids is 1. The Labute approximate surface area is 142 Å². The van der Waals surface area contributed by atoms with Gasteiger partial charge in [-0.1, -0.05) is 24.6 Å². The minimum atomic E-state index is -2.87. The van der Waals surface area contributed by atoms with Gasteiger partial charge in [-0.15, -0.1) is 0 Å². The maximum atomic E-state index is 12.5. The molecular formula is C18H26F2N2O2. The molecule has 1 heterocycles. The highest BCUT2D eigenvalue weighted by Crippen LogP contribution is 2.24. The Kier molecular flexibility index (Phi) is 6.97. The number of aryl methyl sites for hydroxylation is 1. The maximum absolute atomic E-state index is 12.5. The number of rotatable bonds is 7. The molecule has 24 heavy (non-hydrogen) atoms. The first kappa shape index (κ1) is 18.6. The van der Waals surface area contributed by atoms with E-state index in [1.54, 1.807) is 12.1 Å². The summed E-state index contributed by atoms with van der Waals surface area (Å²) in [7, 11) is 0. The van der Waals surface area contributed by atoms with E-state index < -0.39 is 6.61 Å². The highest BCUT2D eigenvalue weighted by Gasteiger charge is 2.22. The number of hydrogen-bond donors (Lipinski definition) is 2. The SMILES string of the molecule is Cc1ccc(OC(F)F)c(CNC(=O)CC(C)C2CCCNC2)c1. The first-order valence-electron chi connectivity index (χ1n) is 8.47. The molecule has 4 nitrogen and oxygen atoms in total. The van der Waals surface area contributed by atoms with E-state index in [-0.39, 0.29) is 18.2 Å². The standard InChI is InChI=1S/C18H26F2N2O2/c1-12-5-6-16(24-18(19)20)15(8-12)11-22-17(23)9-13(2)14-4-3-7-21-10-14/h5-6,8,13-14,18,21H,3-4,7,9-11H2,1-2H3,(H,22,23). The second-order valence-corrected chi connectivity index (χ2v) is 6.55. The van der Waals surface area contributed by atoms with E-state index in [2.05, 4.69) is 22.3 Å². The van der Waals surface area contributed by atoms with Crippen molar-refractivity contribution >= 4 is 5.91 Å². The van der Waals surface area contributed by atoms with E-state index in [1.165, 1.54) is 6.07 Å². The summed E-state index contributed by atoms with van der Waals surface area (Å²) >= 11 is 0. The van der Waals surface area contributed by atoms with E-state index >= 15 is 0 Å². The molecule has 0 saturated carbocycles. The summed E-state index contributed by atoms with van der Waals surface area (Å²) in [4.78, 5) is 12.2. The van der Waals surface area contributed by atoms with Crippen LogP contribution in [0.2, 0.25) is 0 Å². The molecule has 2 unspecified atom stereocenters. The van der Waals surface area contributed by atoms with Crippen LogP contribution in [-0.2, 0) is 11.3 Å². The monoisotopic (exact) mass is 340 g/mol. The smallest absolute Gasteiger partial charge is 0.387 e. The molecule has 2 rings (SSSR count). The van der Waals surface area contributed by atoms with Gasteiger partial charge in [-0.25, -0.2) is 0 Å². The summed E-state index contributed by atoms with van der Waals surface area (Å²) in [6, 6.07) is 4.98. The fourth-order valence-corrected chi connectivity index (χ4v) is 3.15. The summed E-state index contributed by atoms with van der Waals surface area (Å²) in [5.74, 6) is 0.867. The number of halogens is 2. The quantitative estimate of drug-likeness (QED) is 0.801. The summed E-state index contributed by atoms with van der Waals surface area (Å²) < 4.78 is 29.4. The molecule has 1 aliphatic rings. The fourth-order valence-electron chi connectivity index (χ4n) is 3.15. The van der Waals surface area contributed by atoms with Crippen molar-refractivity contribution in [3.63, 3.8) is 0 Å². The Hall–Kier alpha value is -1.69. The van der Waals surface area contributed by atoms with Crippen LogP contribution < -0.4 is 15.4 Å². The minimum absolute atomic E-state index is 0.0578. The first-order valence-corrected chi connectivity index (χ1v) is 8.47. The molecular weight excluding hydrogens is 314 g/mol. The number of alkyl halides is 2. The van der Waals surface area contributed by atoms with Gasteiger partial charge in [-0.2, -0.15) is 8.78 Å². The Morgan fingerprint density at radius 1 is 1.46 bits per heavy atom. The van der Waals surface area contributed by atoms with E-state index in [0.717, 1.165) is 31.5 Å². The van der Waals surface area contributed by atoms with Crippen LogP contribution in [0.15, 0.2) is 18.2 Å². The third kappa shape index (κ3) is 5.74. The van der Waals surface area contributed by atoms with Gasteiger partial charge in [-0.05, 0) is 50.8 Å². The van der Waals surface area contributed by atoms with Crippen molar-refractivity contribution in [2.75, 3.05) is 13.1 Å². The fraction of sp³-hybridized carbons (Fsp3) is 0.611. The van der Waals surface area contributed by atoms with E-state index in [1.807, 2.05) is 6.92 Å². The van der Waals surface area contributed by atoms with E-state index in [9.17, 15) is 13.6 Å². The summed E-state index contributed by atoms with van der Waals surface area (Å²) in [5, 5.41) is 6.18. The predicted octanol–water partition coefficient (Wildman–Crippen LogP) is 3.24. The lowest BCUT2D eigenvalue weighted by atomic mass is 9.85. The van der Waals surface area contributed by atoms with Crippen LogP contribution in [0.4, 0.5) is 8.78 Å². The van der Waals surface area contributed by atoms with Gasteiger partial charge in [0.05, 0.1) is 0 Å². The van der Waals surface area contributed by atoms with E-state index in [0.29, 0.717) is 23.8 Å². The van der Waals surface area contributed by atoms with Gasteiger partial charge in [0.25, 0.3) is 0 Å². The third-order valence-electron chi connectivity index (χ3n) is 4.56. The lowest BCUT2D eigenvalue weighted by Crippen LogP contribution is -2.35. The molecule has 0 spiro atoms. The number of carbonyl (C=O) groups is 1. The Balaban J connectivity index is 1.87. The van der Waals surface area contributed by atoms with Gasteiger partial charge in [0.1, 0.15) is 5.75 Å². The zero-order chi connectivity index (χ0) is 17.5. The Morgan fingerprint density at radius 3 is 2.92 bits per heavy atom. The van der Waals surface area contributed by atoms with Crippen molar-refractivity contribution < 1.29 is 18.3 Å². The molecule has 0 bridgehead atoms. The molecule has 1 fully saturated rings. The van der Waals surface area contributed by atoms with Crippen LogP contribution in [0.3, 0.4) is 0 Å². The highest BCUT2D eigenvalue weighted by molar-refractivity contribution is 5.76.